The second-order valence-electron chi connectivity index (χ2n) is 6.46. The third-order valence-corrected chi connectivity index (χ3v) is 6.36. The van der Waals surface area contributed by atoms with Gasteiger partial charge < -0.3 is 4.90 Å². The van der Waals surface area contributed by atoms with Gasteiger partial charge in [0.05, 0.1) is 5.37 Å². The number of hydrogen-bond acceptors (Lipinski definition) is 4. The lowest BCUT2D eigenvalue weighted by atomic mass is 10.0. The van der Waals surface area contributed by atoms with Crippen molar-refractivity contribution in [2.45, 2.75) is 38.0 Å². The molecule has 0 radical (unpaired) electrons. The van der Waals surface area contributed by atoms with Crippen molar-refractivity contribution in [2.24, 2.45) is 5.92 Å². The van der Waals surface area contributed by atoms with Crippen molar-refractivity contribution in [1.29, 1.82) is 0 Å². The van der Waals surface area contributed by atoms with Crippen molar-refractivity contribution in [1.82, 2.24) is 19.4 Å². The van der Waals surface area contributed by atoms with Gasteiger partial charge in [-0.1, -0.05) is 6.92 Å². The molecule has 0 saturated carbocycles. The van der Waals surface area contributed by atoms with E-state index >= 15 is 0 Å². The van der Waals surface area contributed by atoms with E-state index in [-0.39, 0.29) is 0 Å². The Balaban J connectivity index is 1.65. The van der Waals surface area contributed by atoms with Gasteiger partial charge in [0.2, 0.25) is 0 Å². The molecule has 2 aromatic heterocycles. The number of thioether (sulfide) groups is 1. The average Bonchev–Trinajstić information content (AvgIpc) is 3.25. The lowest BCUT2D eigenvalue weighted by Crippen LogP contribution is -2.21. The number of fused-ring (bicyclic) bond motifs is 1. The Kier molecular flexibility index (Phi) is 4.09. The van der Waals surface area contributed by atoms with Gasteiger partial charge in [-0.3, -0.25) is 4.57 Å². The van der Waals surface area contributed by atoms with Crippen molar-refractivity contribution < 1.29 is 0 Å². The highest BCUT2D eigenvalue weighted by atomic mass is 32.2. The fraction of sp³-hybridized carbons (Fsp3) is 0.647. The highest BCUT2D eigenvalue weighted by molar-refractivity contribution is 7.99. The predicted molar refractivity (Wildman–Crippen MR) is 92.2 cm³/mol. The zero-order chi connectivity index (χ0) is 14.9. The fourth-order valence-corrected chi connectivity index (χ4v) is 5.12. The van der Waals surface area contributed by atoms with Gasteiger partial charge in [0.25, 0.3) is 0 Å². The Morgan fingerprint density at radius 2 is 2.32 bits per heavy atom. The first-order chi connectivity index (χ1) is 10.8. The average molecular weight is 316 g/mol. The Morgan fingerprint density at radius 1 is 1.36 bits per heavy atom. The molecular formula is C17H24N4S. The van der Waals surface area contributed by atoms with Crippen LogP contribution in [0.3, 0.4) is 0 Å². The molecule has 5 heteroatoms. The lowest BCUT2D eigenvalue weighted by molar-refractivity contribution is 0.340. The van der Waals surface area contributed by atoms with Crippen LogP contribution in [0.2, 0.25) is 0 Å². The second kappa shape index (κ2) is 6.20. The van der Waals surface area contributed by atoms with Crippen LogP contribution >= 0.6 is 11.8 Å². The molecule has 4 heterocycles. The van der Waals surface area contributed by atoms with Gasteiger partial charge in [0, 0.05) is 19.2 Å². The Morgan fingerprint density at radius 3 is 3.09 bits per heavy atom. The van der Waals surface area contributed by atoms with Gasteiger partial charge in [0.15, 0.2) is 5.65 Å². The summed E-state index contributed by atoms with van der Waals surface area (Å²) in [5, 5.41) is 0.540. The molecule has 0 spiro atoms. The first kappa shape index (κ1) is 14.5. The molecule has 2 aliphatic rings. The van der Waals surface area contributed by atoms with E-state index < -0.39 is 0 Å². The first-order valence-corrected chi connectivity index (χ1v) is 9.56. The van der Waals surface area contributed by atoms with Gasteiger partial charge in [-0.2, -0.15) is 0 Å². The molecule has 0 bridgehead atoms. The van der Waals surface area contributed by atoms with Crippen molar-refractivity contribution in [2.75, 3.05) is 25.4 Å². The molecule has 2 aromatic rings. The maximum Gasteiger partial charge on any atom is 0.160 e. The highest BCUT2D eigenvalue weighted by Gasteiger charge is 2.27. The SMILES string of the molecule is CCN1CCC(Cc2nc3cccnc3n2C2CCCS2)C1. The molecule has 2 atom stereocenters. The Hall–Kier alpha value is -1.07. The van der Waals surface area contributed by atoms with E-state index in [4.69, 9.17) is 4.98 Å². The molecule has 4 nitrogen and oxygen atoms in total. The summed E-state index contributed by atoms with van der Waals surface area (Å²) in [5.74, 6) is 3.28. The Labute approximate surface area is 136 Å². The standard InChI is InChI=1S/C17H24N4S/c1-2-20-9-7-13(12-20)11-15-19-14-5-3-8-18-17(14)21(15)16-6-4-10-22-16/h3,5,8,13,16H,2,4,6-7,9-12H2,1H3. The molecule has 2 unspecified atom stereocenters. The van der Waals surface area contributed by atoms with Crippen molar-refractivity contribution in [3.63, 3.8) is 0 Å². The molecule has 0 aliphatic carbocycles. The largest absolute Gasteiger partial charge is 0.303 e. The van der Waals surface area contributed by atoms with Crippen molar-refractivity contribution >= 4 is 22.9 Å². The summed E-state index contributed by atoms with van der Waals surface area (Å²) in [5.41, 5.74) is 2.15. The van der Waals surface area contributed by atoms with Crippen LogP contribution in [0.5, 0.6) is 0 Å². The second-order valence-corrected chi connectivity index (χ2v) is 7.75. The van der Waals surface area contributed by atoms with Crippen LogP contribution in [-0.4, -0.2) is 44.8 Å². The van der Waals surface area contributed by atoms with Crippen LogP contribution in [0.4, 0.5) is 0 Å². The molecule has 0 N–H and O–H groups in total. The summed E-state index contributed by atoms with van der Waals surface area (Å²) in [6.45, 7) is 5.91. The predicted octanol–water partition coefficient (Wildman–Crippen LogP) is 3.34. The van der Waals surface area contributed by atoms with Crippen LogP contribution in [-0.2, 0) is 6.42 Å². The van der Waals surface area contributed by atoms with Crippen LogP contribution in [0, 0.1) is 5.92 Å². The fourth-order valence-electron chi connectivity index (χ4n) is 3.81. The van der Waals surface area contributed by atoms with Crippen LogP contribution < -0.4 is 0 Å². The lowest BCUT2D eigenvalue weighted by Gasteiger charge is -2.17. The molecule has 2 saturated heterocycles. The van der Waals surface area contributed by atoms with Crippen molar-refractivity contribution in [3.05, 3.63) is 24.2 Å². The maximum absolute atomic E-state index is 4.94. The van der Waals surface area contributed by atoms with E-state index in [1.165, 1.54) is 50.5 Å². The topological polar surface area (TPSA) is 34.0 Å². The summed E-state index contributed by atoms with van der Waals surface area (Å²) < 4.78 is 2.45. The van der Waals surface area contributed by atoms with E-state index in [1.54, 1.807) is 0 Å². The minimum Gasteiger partial charge on any atom is -0.303 e. The molecule has 22 heavy (non-hydrogen) atoms. The zero-order valence-electron chi connectivity index (χ0n) is 13.2. The third-order valence-electron chi connectivity index (χ3n) is 5.00. The van der Waals surface area contributed by atoms with Gasteiger partial charge in [-0.25, -0.2) is 9.97 Å². The number of imidazole rings is 1. The third kappa shape index (κ3) is 2.65. The first-order valence-electron chi connectivity index (χ1n) is 8.51. The normalized spacial score (nSPS) is 26.2. The molecule has 0 amide bonds. The van der Waals surface area contributed by atoms with E-state index in [1.807, 2.05) is 12.3 Å². The van der Waals surface area contributed by atoms with Gasteiger partial charge in [-0.15, -0.1) is 11.8 Å². The van der Waals surface area contributed by atoms with E-state index in [0.717, 1.165) is 23.5 Å². The summed E-state index contributed by atoms with van der Waals surface area (Å²) in [6.07, 6.45) is 6.88. The van der Waals surface area contributed by atoms with Crippen LogP contribution in [0.15, 0.2) is 18.3 Å². The highest BCUT2D eigenvalue weighted by Crippen LogP contribution is 2.39. The maximum atomic E-state index is 4.94. The van der Waals surface area contributed by atoms with Gasteiger partial charge in [-0.05, 0) is 56.2 Å². The summed E-state index contributed by atoms with van der Waals surface area (Å²) in [6, 6.07) is 4.11. The van der Waals surface area contributed by atoms with Gasteiger partial charge >= 0.3 is 0 Å². The molecule has 0 aromatic carbocycles. The summed E-state index contributed by atoms with van der Waals surface area (Å²) in [7, 11) is 0. The number of hydrogen-bond donors (Lipinski definition) is 0. The van der Waals surface area contributed by atoms with E-state index in [2.05, 4.69) is 39.2 Å². The minimum atomic E-state index is 0.540. The molecular weight excluding hydrogens is 292 g/mol. The number of likely N-dealkylation sites (tertiary alicyclic amines) is 1. The van der Waals surface area contributed by atoms with E-state index in [9.17, 15) is 0 Å². The number of pyridine rings is 1. The van der Waals surface area contributed by atoms with E-state index in [0.29, 0.717) is 5.37 Å². The quantitative estimate of drug-likeness (QED) is 0.866. The molecule has 4 rings (SSSR count). The molecule has 2 fully saturated rings. The number of rotatable bonds is 4. The molecule has 118 valence electrons. The van der Waals surface area contributed by atoms with Crippen LogP contribution in [0.1, 0.15) is 37.4 Å². The monoisotopic (exact) mass is 316 g/mol. The summed E-state index contributed by atoms with van der Waals surface area (Å²) in [4.78, 5) is 12.1. The molecule has 2 aliphatic heterocycles. The van der Waals surface area contributed by atoms with Crippen molar-refractivity contribution in [3.8, 4) is 0 Å². The van der Waals surface area contributed by atoms with Crippen LogP contribution in [0.25, 0.3) is 11.2 Å². The smallest absolute Gasteiger partial charge is 0.160 e. The minimum absolute atomic E-state index is 0.540. The van der Waals surface area contributed by atoms with Gasteiger partial charge in [0.1, 0.15) is 11.3 Å². The number of nitrogens with zero attached hydrogens (tertiary/aromatic N) is 4. The summed E-state index contributed by atoms with van der Waals surface area (Å²) >= 11 is 2.06. The Bertz CT molecular complexity index is 647. The zero-order valence-corrected chi connectivity index (χ0v) is 14.1. The number of aromatic nitrogens is 3.